The van der Waals surface area contributed by atoms with Gasteiger partial charge in [0.25, 0.3) is 0 Å². The third-order valence-electron chi connectivity index (χ3n) is 4.05. The van der Waals surface area contributed by atoms with Crippen molar-refractivity contribution in [1.82, 2.24) is 5.32 Å². The van der Waals surface area contributed by atoms with E-state index in [9.17, 15) is 4.79 Å². The van der Waals surface area contributed by atoms with Gasteiger partial charge in [-0.1, -0.05) is 32.0 Å². The summed E-state index contributed by atoms with van der Waals surface area (Å²) in [6.45, 7) is 4.26. The van der Waals surface area contributed by atoms with Gasteiger partial charge in [0, 0.05) is 10.6 Å². The first-order chi connectivity index (χ1) is 12.1. The molecular weight excluding hydrogens is 368 g/mol. The maximum Gasteiger partial charge on any atom is 0.319 e. The predicted molar refractivity (Wildman–Crippen MR) is 113 cm³/mol. The van der Waals surface area contributed by atoms with Gasteiger partial charge < -0.3 is 10.6 Å². The number of benzene rings is 1. The fourth-order valence-corrected chi connectivity index (χ4v) is 6.61. The number of urea groups is 1. The van der Waals surface area contributed by atoms with Crippen molar-refractivity contribution in [3.05, 3.63) is 52.2 Å². The molecule has 1 atom stereocenters. The molecule has 2 N–H and O–H groups in total. The average Bonchev–Trinajstić information content (AvgIpc) is 3.15. The summed E-state index contributed by atoms with van der Waals surface area (Å²) in [5, 5.41) is 8.17. The van der Waals surface area contributed by atoms with Crippen LogP contribution in [0.5, 0.6) is 0 Å². The van der Waals surface area contributed by atoms with Gasteiger partial charge >= 0.3 is 6.03 Å². The van der Waals surface area contributed by atoms with E-state index in [-0.39, 0.29) is 12.1 Å². The predicted octanol–water partition coefficient (Wildman–Crippen LogP) is 6.14. The van der Waals surface area contributed by atoms with E-state index in [1.54, 1.807) is 11.3 Å². The number of hydrogen-bond donors (Lipinski definition) is 2. The lowest BCUT2D eigenvalue weighted by Gasteiger charge is -2.23. The molecule has 0 spiro atoms. The van der Waals surface area contributed by atoms with Crippen LogP contribution in [0, 0.1) is 5.92 Å². The highest BCUT2D eigenvalue weighted by molar-refractivity contribution is 8.16. The minimum atomic E-state index is -0.145. The van der Waals surface area contributed by atoms with Crippen molar-refractivity contribution in [3.8, 4) is 0 Å². The van der Waals surface area contributed by atoms with Gasteiger partial charge in [0.15, 0.2) is 0 Å². The molecule has 0 aliphatic carbocycles. The summed E-state index contributed by atoms with van der Waals surface area (Å²) in [6, 6.07) is 12.2. The van der Waals surface area contributed by atoms with Crippen LogP contribution in [-0.4, -0.2) is 17.5 Å². The summed E-state index contributed by atoms with van der Waals surface area (Å²) in [4.78, 5) is 13.7. The number of carbonyl (C=O) groups excluding carboxylic acids is 1. The Balaban J connectivity index is 1.64. The minimum Gasteiger partial charge on any atom is -0.330 e. The van der Waals surface area contributed by atoms with E-state index in [0.29, 0.717) is 10.5 Å². The molecule has 3 nitrogen and oxygen atoms in total. The molecule has 1 unspecified atom stereocenters. The highest BCUT2D eigenvalue weighted by atomic mass is 32.2. The molecule has 0 bridgehead atoms. The van der Waals surface area contributed by atoms with Crippen LogP contribution in [0.4, 0.5) is 10.5 Å². The highest BCUT2D eigenvalue weighted by Gasteiger charge is 2.20. The van der Waals surface area contributed by atoms with Gasteiger partial charge in [0.1, 0.15) is 0 Å². The summed E-state index contributed by atoms with van der Waals surface area (Å²) in [7, 11) is 0. The first-order valence-electron chi connectivity index (χ1n) is 8.57. The van der Waals surface area contributed by atoms with Crippen LogP contribution in [0.2, 0.25) is 0 Å². The molecule has 1 saturated heterocycles. The number of rotatable bonds is 5. The number of anilines is 1. The molecular formula is C19H24N2OS3. The van der Waals surface area contributed by atoms with Crippen LogP contribution in [0.25, 0.3) is 0 Å². The third-order valence-corrected chi connectivity index (χ3v) is 8.02. The average molecular weight is 393 g/mol. The third kappa shape index (κ3) is 5.19. The van der Waals surface area contributed by atoms with Crippen LogP contribution in [0.3, 0.4) is 0 Å². The van der Waals surface area contributed by atoms with E-state index in [1.807, 2.05) is 47.1 Å². The van der Waals surface area contributed by atoms with Crippen molar-refractivity contribution in [2.75, 3.05) is 16.8 Å². The van der Waals surface area contributed by atoms with Gasteiger partial charge in [0.2, 0.25) is 0 Å². The second-order valence-electron chi connectivity index (χ2n) is 6.39. The lowest BCUT2D eigenvalue weighted by molar-refractivity contribution is 0.245. The van der Waals surface area contributed by atoms with Gasteiger partial charge in [-0.05, 0) is 53.0 Å². The van der Waals surface area contributed by atoms with Crippen molar-refractivity contribution >= 4 is 46.6 Å². The minimum absolute atomic E-state index is 0.0349. The number of carbonyl (C=O) groups is 1. The maximum absolute atomic E-state index is 12.5. The summed E-state index contributed by atoms with van der Waals surface area (Å²) >= 11 is 5.67. The monoisotopic (exact) mass is 392 g/mol. The molecule has 2 aromatic rings. The lowest BCUT2D eigenvalue weighted by atomic mass is 10.0. The first kappa shape index (κ1) is 18.7. The van der Waals surface area contributed by atoms with Gasteiger partial charge in [-0.25, -0.2) is 4.79 Å². The first-order valence-corrected chi connectivity index (χ1v) is 11.6. The van der Waals surface area contributed by atoms with Crippen LogP contribution in [0.15, 0.2) is 41.8 Å². The molecule has 2 heterocycles. The molecule has 1 aromatic heterocycles. The molecule has 134 valence electrons. The molecule has 1 aromatic carbocycles. The molecule has 2 amide bonds. The zero-order valence-corrected chi connectivity index (χ0v) is 17.0. The number of thiophene rings is 1. The van der Waals surface area contributed by atoms with E-state index in [1.165, 1.54) is 28.4 Å². The molecule has 1 aliphatic heterocycles. The molecule has 3 rings (SSSR count). The molecule has 0 saturated carbocycles. The Hall–Kier alpha value is -1.11. The Morgan fingerprint density at radius 1 is 1.16 bits per heavy atom. The lowest BCUT2D eigenvalue weighted by Crippen LogP contribution is -2.34. The SMILES string of the molecule is CC(C)C(NC(=O)Nc1cccc(C2SCCCS2)c1)c1cccs1. The molecule has 1 fully saturated rings. The maximum atomic E-state index is 12.5. The quantitative estimate of drug-likeness (QED) is 0.642. The van der Waals surface area contributed by atoms with Crippen LogP contribution < -0.4 is 10.6 Å². The second kappa shape index (κ2) is 9.01. The topological polar surface area (TPSA) is 41.1 Å². The van der Waals surface area contributed by atoms with E-state index >= 15 is 0 Å². The molecule has 0 radical (unpaired) electrons. The zero-order valence-electron chi connectivity index (χ0n) is 14.5. The number of nitrogens with one attached hydrogen (secondary N) is 2. The summed E-state index contributed by atoms with van der Waals surface area (Å²) in [6.07, 6.45) is 1.28. The highest BCUT2D eigenvalue weighted by Crippen LogP contribution is 2.44. The van der Waals surface area contributed by atoms with E-state index in [0.717, 1.165) is 5.69 Å². The second-order valence-corrected chi connectivity index (χ2v) is 10.1. The largest absolute Gasteiger partial charge is 0.330 e. The fraction of sp³-hybridized carbons (Fsp3) is 0.421. The van der Waals surface area contributed by atoms with Gasteiger partial charge in [-0.2, -0.15) is 0 Å². The fourth-order valence-electron chi connectivity index (χ4n) is 2.79. The van der Waals surface area contributed by atoms with E-state index in [2.05, 4.69) is 42.7 Å². The Bertz CT molecular complexity index is 682. The number of hydrogen-bond acceptors (Lipinski definition) is 4. The number of amides is 2. The van der Waals surface area contributed by atoms with E-state index < -0.39 is 0 Å². The van der Waals surface area contributed by atoms with Crippen molar-refractivity contribution in [2.45, 2.75) is 30.9 Å². The molecule has 1 aliphatic rings. The van der Waals surface area contributed by atoms with Gasteiger partial charge in [-0.15, -0.1) is 34.9 Å². The normalized spacial score (nSPS) is 16.6. The number of thioether (sulfide) groups is 2. The zero-order chi connectivity index (χ0) is 17.6. The molecule has 6 heteroatoms. The van der Waals surface area contributed by atoms with Crippen molar-refractivity contribution < 1.29 is 4.79 Å². The summed E-state index contributed by atoms with van der Waals surface area (Å²) in [5.41, 5.74) is 2.14. The Morgan fingerprint density at radius 3 is 2.64 bits per heavy atom. The Labute approximate surface area is 162 Å². The Morgan fingerprint density at radius 2 is 1.96 bits per heavy atom. The standard InChI is InChI=1S/C19H24N2OS3/c1-13(2)17(16-8-4-9-23-16)21-19(22)20-15-7-3-6-14(12-15)18-24-10-5-11-25-18/h3-4,6-9,12-13,17-18H,5,10-11H2,1-2H3,(H2,20,21,22). The van der Waals surface area contributed by atoms with Gasteiger partial charge in [0.05, 0.1) is 10.6 Å². The summed E-state index contributed by atoms with van der Waals surface area (Å²) in [5.74, 6) is 2.77. The van der Waals surface area contributed by atoms with Crippen molar-refractivity contribution in [1.29, 1.82) is 0 Å². The molecule has 25 heavy (non-hydrogen) atoms. The summed E-state index contributed by atoms with van der Waals surface area (Å²) < 4.78 is 0.480. The van der Waals surface area contributed by atoms with Crippen LogP contribution in [0.1, 0.15) is 41.3 Å². The smallest absolute Gasteiger partial charge is 0.319 e. The van der Waals surface area contributed by atoms with Crippen LogP contribution in [-0.2, 0) is 0 Å². The van der Waals surface area contributed by atoms with Gasteiger partial charge in [-0.3, -0.25) is 0 Å². The van der Waals surface area contributed by atoms with Crippen molar-refractivity contribution in [2.24, 2.45) is 5.92 Å². The van der Waals surface area contributed by atoms with E-state index in [4.69, 9.17) is 0 Å². The van der Waals surface area contributed by atoms with Crippen LogP contribution >= 0.6 is 34.9 Å². The Kier molecular flexibility index (Phi) is 6.73. The van der Waals surface area contributed by atoms with Crippen molar-refractivity contribution in [3.63, 3.8) is 0 Å².